The molecule has 3 amide bonds. The van der Waals surface area contributed by atoms with Crippen LogP contribution in [0.2, 0.25) is 0 Å². The molecule has 2 N–H and O–H groups in total. The van der Waals surface area contributed by atoms with Crippen molar-refractivity contribution in [1.82, 2.24) is 24.9 Å². The molecule has 11 nitrogen and oxygen atoms in total. The van der Waals surface area contributed by atoms with Crippen molar-refractivity contribution in [3.63, 3.8) is 0 Å². The van der Waals surface area contributed by atoms with Crippen molar-refractivity contribution < 1.29 is 23.9 Å². The van der Waals surface area contributed by atoms with Crippen molar-refractivity contribution in [3.05, 3.63) is 48.0 Å². The van der Waals surface area contributed by atoms with Crippen LogP contribution in [0.25, 0.3) is 5.78 Å². The first-order valence-electron chi connectivity index (χ1n) is 8.61. The van der Waals surface area contributed by atoms with Gasteiger partial charge in [-0.1, -0.05) is 6.92 Å². The lowest BCUT2D eigenvalue weighted by Gasteiger charge is -2.10. The maximum Gasteiger partial charge on any atom is 0.342 e. The Labute approximate surface area is 165 Å². The smallest absolute Gasteiger partial charge is 0.342 e. The number of urea groups is 1. The molecular formula is C18H18N6O5. The number of carbonyl (C=O) groups is 3. The van der Waals surface area contributed by atoms with E-state index in [2.05, 4.69) is 25.7 Å². The molecule has 0 saturated heterocycles. The van der Waals surface area contributed by atoms with E-state index in [1.165, 1.54) is 24.1 Å². The second-order valence-corrected chi connectivity index (χ2v) is 5.75. The van der Waals surface area contributed by atoms with Gasteiger partial charge in [-0.3, -0.25) is 10.1 Å². The summed E-state index contributed by atoms with van der Waals surface area (Å²) < 4.78 is 11.4. The Balaban J connectivity index is 1.54. The zero-order chi connectivity index (χ0) is 20.8. The summed E-state index contributed by atoms with van der Waals surface area (Å²) in [4.78, 5) is 44.0. The Morgan fingerprint density at radius 3 is 2.59 bits per heavy atom. The summed E-state index contributed by atoms with van der Waals surface area (Å²) >= 11 is 0. The van der Waals surface area contributed by atoms with Crippen LogP contribution in [0.5, 0.6) is 5.75 Å². The van der Waals surface area contributed by atoms with Crippen LogP contribution in [-0.4, -0.2) is 51.2 Å². The lowest BCUT2D eigenvalue weighted by molar-refractivity contribution is -0.123. The molecule has 0 unspecified atom stereocenters. The molecule has 3 aromatic rings. The molecule has 1 aromatic carbocycles. The largest absolute Gasteiger partial charge is 0.497 e. The molecule has 0 atom stereocenters. The molecule has 0 aliphatic heterocycles. The van der Waals surface area contributed by atoms with Crippen molar-refractivity contribution >= 4 is 29.4 Å². The van der Waals surface area contributed by atoms with E-state index in [0.717, 1.165) is 0 Å². The molecule has 2 heterocycles. The van der Waals surface area contributed by atoms with E-state index in [0.29, 0.717) is 29.3 Å². The highest BCUT2D eigenvalue weighted by Gasteiger charge is 2.18. The molecule has 2 aromatic heterocycles. The van der Waals surface area contributed by atoms with Crippen molar-refractivity contribution in [1.29, 1.82) is 0 Å². The number of fused-ring (bicyclic) bond motifs is 1. The fraction of sp³-hybridized carbons (Fsp3) is 0.222. The summed E-state index contributed by atoms with van der Waals surface area (Å²) in [6.45, 7) is 1.21. The molecule has 0 aliphatic rings. The Kier molecular flexibility index (Phi) is 5.97. The number of ether oxygens (including phenoxy) is 2. The summed E-state index contributed by atoms with van der Waals surface area (Å²) in [5.74, 6) is -0.551. The lowest BCUT2D eigenvalue weighted by Crippen LogP contribution is -2.37. The molecule has 0 saturated carbocycles. The number of carbonyl (C=O) groups excluding carboxylic acids is 3. The first kappa shape index (κ1) is 19.7. The maximum absolute atomic E-state index is 12.3. The lowest BCUT2D eigenvalue weighted by atomic mass is 10.2. The number of nitrogens with one attached hydrogen (secondary N) is 2. The number of hydrogen-bond donors (Lipinski definition) is 2. The molecular weight excluding hydrogens is 380 g/mol. The first-order chi connectivity index (χ1) is 14.0. The molecule has 29 heavy (non-hydrogen) atoms. The Morgan fingerprint density at radius 1 is 1.14 bits per heavy atom. The van der Waals surface area contributed by atoms with Gasteiger partial charge in [0.25, 0.3) is 11.7 Å². The minimum Gasteiger partial charge on any atom is -0.497 e. The quantitative estimate of drug-likeness (QED) is 0.591. The summed E-state index contributed by atoms with van der Waals surface area (Å²) in [5, 5.41) is 8.57. The van der Waals surface area contributed by atoms with Crippen molar-refractivity contribution in [2.45, 2.75) is 13.3 Å². The number of nitrogens with zero attached hydrogens (tertiary/aromatic N) is 4. The van der Waals surface area contributed by atoms with Crippen LogP contribution in [0.15, 0.2) is 36.8 Å². The minimum atomic E-state index is -0.780. The molecule has 0 fully saturated rings. The zero-order valence-electron chi connectivity index (χ0n) is 15.7. The molecule has 0 bridgehead atoms. The minimum absolute atomic E-state index is 0.168. The first-order valence-corrected chi connectivity index (χ1v) is 8.61. The van der Waals surface area contributed by atoms with Crippen molar-refractivity contribution in [3.8, 4) is 5.75 Å². The van der Waals surface area contributed by atoms with Crippen molar-refractivity contribution in [2.24, 2.45) is 0 Å². The number of rotatable bonds is 6. The van der Waals surface area contributed by atoms with E-state index >= 15 is 0 Å². The van der Waals surface area contributed by atoms with Gasteiger partial charge in [-0.05, 0) is 30.7 Å². The summed E-state index contributed by atoms with van der Waals surface area (Å²) in [7, 11) is 1.53. The van der Waals surface area contributed by atoms with E-state index in [9.17, 15) is 14.4 Å². The number of anilines is 1. The van der Waals surface area contributed by atoms with Crippen LogP contribution in [0.3, 0.4) is 0 Å². The van der Waals surface area contributed by atoms with Crippen LogP contribution in [0, 0.1) is 0 Å². The van der Waals surface area contributed by atoms with Gasteiger partial charge in [0.1, 0.15) is 12.1 Å². The van der Waals surface area contributed by atoms with Crippen LogP contribution in [0.4, 0.5) is 10.5 Å². The molecule has 0 radical (unpaired) electrons. The van der Waals surface area contributed by atoms with E-state index in [-0.39, 0.29) is 5.56 Å². The number of imide groups is 1. The van der Waals surface area contributed by atoms with E-state index in [1.807, 2.05) is 6.92 Å². The number of methoxy groups -OCH3 is 1. The third-order valence-electron chi connectivity index (χ3n) is 3.90. The van der Waals surface area contributed by atoms with Gasteiger partial charge in [-0.2, -0.15) is 10.1 Å². The van der Waals surface area contributed by atoms with Crippen LogP contribution in [-0.2, 0) is 16.0 Å². The highest BCUT2D eigenvalue weighted by molar-refractivity contribution is 6.02. The summed E-state index contributed by atoms with van der Waals surface area (Å²) in [5.41, 5.74) is 1.18. The van der Waals surface area contributed by atoms with Crippen LogP contribution < -0.4 is 15.4 Å². The Morgan fingerprint density at radius 2 is 1.90 bits per heavy atom. The second-order valence-electron chi connectivity index (χ2n) is 5.75. The number of hydrogen-bond acceptors (Lipinski definition) is 8. The highest BCUT2D eigenvalue weighted by Crippen LogP contribution is 2.15. The molecule has 0 spiro atoms. The maximum atomic E-state index is 12.3. The van der Waals surface area contributed by atoms with Crippen LogP contribution in [0.1, 0.15) is 23.0 Å². The van der Waals surface area contributed by atoms with Crippen LogP contribution >= 0.6 is 0 Å². The monoisotopic (exact) mass is 398 g/mol. The Hall–Kier alpha value is -4.02. The van der Waals surface area contributed by atoms with E-state index in [4.69, 9.17) is 9.47 Å². The predicted molar refractivity (Wildman–Crippen MR) is 101 cm³/mol. The van der Waals surface area contributed by atoms with Gasteiger partial charge in [0.2, 0.25) is 0 Å². The number of benzene rings is 1. The average Bonchev–Trinajstić information content (AvgIpc) is 3.20. The van der Waals surface area contributed by atoms with E-state index < -0.39 is 24.5 Å². The normalized spacial score (nSPS) is 10.4. The average molecular weight is 398 g/mol. The fourth-order valence-corrected chi connectivity index (χ4v) is 2.54. The predicted octanol–water partition coefficient (Wildman–Crippen LogP) is 1.20. The topological polar surface area (TPSA) is 137 Å². The van der Waals surface area contributed by atoms with Gasteiger partial charge in [0.05, 0.1) is 18.4 Å². The Bertz CT molecular complexity index is 1050. The van der Waals surface area contributed by atoms with Gasteiger partial charge >= 0.3 is 12.0 Å². The number of aryl methyl sites for hydroxylation is 1. The standard InChI is InChI=1S/C18H18N6O5/c1-3-14-13(8-19-17-20-10-21-24(14)17)16(26)29-9-15(25)23-18(27)22-11-4-6-12(28-2)7-5-11/h4-8,10H,3,9H2,1-2H3,(H2,22,23,25,27). The van der Waals surface area contributed by atoms with Gasteiger partial charge < -0.3 is 14.8 Å². The summed E-state index contributed by atoms with van der Waals surface area (Å²) in [6, 6.07) is 5.79. The van der Waals surface area contributed by atoms with Gasteiger partial charge in [-0.15, -0.1) is 0 Å². The fourth-order valence-electron chi connectivity index (χ4n) is 2.54. The zero-order valence-corrected chi connectivity index (χ0v) is 15.7. The molecule has 3 rings (SSSR count). The van der Waals surface area contributed by atoms with Crippen molar-refractivity contribution in [2.75, 3.05) is 19.0 Å². The van der Waals surface area contributed by atoms with E-state index in [1.54, 1.807) is 24.3 Å². The highest BCUT2D eigenvalue weighted by atomic mass is 16.5. The second kappa shape index (κ2) is 8.78. The summed E-state index contributed by atoms with van der Waals surface area (Å²) in [6.07, 6.45) is 3.12. The SMILES string of the molecule is CCc1c(C(=O)OCC(=O)NC(=O)Nc2ccc(OC)cc2)cnc2ncnn12. The van der Waals surface area contributed by atoms with Gasteiger partial charge in [-0.25, -0.2) is 19.1 Å². The third kappa shape index (κ3) is 4.64. The van der Waals surface area contributed by atoms with Gasteiger partial charge in [0.15, 0.2) is 6.61 Å². The number of esters is 1. The third-order valence-corrected chi connectivity index (χ3v) is 3.90. The molecule has 0 aliphatic carbocycles. The molecule has 150 valence electrons. The number of amides is 3. The number of aromatic nitrogens is 4. The molecule has 11 heteroatoms. The van der Waals surface area contributed by atoms with Gasteiger partial charge in [0, 0.05) is 11.9 Å².